The van der Waals surface area contributed by atoms with Crippen LogP contribution in [0.1, 0.15) is 33.6 Å². The third-order valence-corrected chi connectivity index (χ3v) is 3.36. The van der Waals surface area contributed by atoms with Gasteiger partial charge in [0.25, 0.3) is 5.91 Å². The van der Waals surface area contributed by atoms with Crippen LogP contribution >= 0.6 is 0 Å². The van der Waals surface area contributed by atoms with Gasteiger partial charge < -0.3 is 5.32 Å². The van der Waals surface area contributed by atoms with E-state index in [9.17, 15) is 22.4 Å². The van der Waals surface area contributed by atoms with Crippen molar-refractivity contribution in [1.29, 1.82) is 0 Å². The summed E-state index contributed by atoms with van der Waals surface area (Å²) in [6.45, 7) is 7.41. The van der Waals surface area contributed by atoms with Gasteiger partial charge in [-0.1, -0.05) is 0 Å². The van der Waals surface area contributed by atoms with E-state index in [1.807, 2.05) is 26.1 Å². The minimum atomic E-state index is -4.61. The van der Waals surface area contributed by atoms with Crippen molar-refractivity contribution in [2.45, 2.75) is 57.5 Å². The fourth-order valence-corrected chi connectivity index (χ4v) is 2.08. The molecule has 7 heteroatoms. The molecule has 0 spiro atoms. The first-order valence-electron chi connectivity index (χ1n) is 6.27. The standard InChI is InChI=1S/C12H20F4N2O/c1-11(2,3)18-6-4-8(5-7-18)17-10(19)12(15,16)9(13)14/h8-9H,4-7H2,1-3H3,(H,17,19). The predicted molar refractivity (Wildman–Crippen MR) is 63.4 cm³/mol. The molecule has 0 radical (unpaired) electrons. The summed E-state index contributed by atoms with van der Waals surface area (Å²) < 4.78 is 49.6. The lowest BCUT2D eigenvalue weighted by molar-refractivity contribution is -0.170. The highest BCUT2D eigenvalue weighted by atomic mass is 19.3. The Balaban J connectivity index is 2.48. The highest BCUT2D eigenvalue weighted by molar-refractivity contribution is 5.84. The van der Waals surface area contributed by atoms with Crippen LogP contribution in [0.2, 0.25) is 0 Å². The summed E-state index contributed by atoms with van der Waals surface area (Å²) in [6.07, 6.45) is -2.99. The minimum absolute atomic E-state index is 0.0259. The second-order valence-corrected chi connectivity index (χ2v) is 5.83. The first-order valence-corrected chi connectivity index (χ1v) is 6.27. The fourth-order valence-electron chi connectivity index (χ4n) is 2.08. The van der Waals surface area contributed by atoms with Gasteiger partial charge in [0.05, 0.1) is 0 Å². The number of carbonyl (C=O) groups is 1. The number of alkyl halides is 4. The Kier molecular flexibility index (Phi) is 4.81. The summed E-state index contributed by atoms with van der Waals surface area (Å²) in [5, 5.41) is 2.02. The first kappa shape index (κ1) is 16.2. The normalized spacial score (nSPS) is 19.8. The number of hydrogen-bond donors (Lipinski definition) is 1. The Morgan fingerprint density at radius 1 is 1.21 bits per heavy atom. The largest absolute Gasteiger partial charge is 0.383 e. The molecule has 1 aliphatic heterocycles. The Morgan fingerprint density at radius 2 is 1.68 bits per heavy atom. The van der Waals surface area contributed by atoms with Gasteiger partial charge in [-0.2, -0.15) is 8.78 Å². The van der Waals surface area contributed by atoms with E-state index in [0.29, 0.717) is 25.9 Å². The van der Waals surface area contributed by atoms with E-state index < -0.39 is 24.3 Å². The van der Waals surface area contributed by atoms with Crippen LogP contribution in [0, 0.1) is 0 Å². The number of carbonyl (C=O) groups excluding carboxylic acids is 1. The number of rotatable bonds is 3. The molecule has 112 valence electrons. The molecule has 0 saturated carbocycles. The van der Waals surface area contributed by atoms with Crippen molar-refractivity contribution in [2.24, 2.45) is 0 Å². The van der Waals surface area contributed by atoms with E-state index in [2.05, 4.69) is 4.90 Å². The Labute approximate surface area is 110 Å². The highest BCUT2D eigenvalue weighted by Gasteiger charge is 2.49. The zero-order valence-corrected chi connectivity index (χ0v) is 11.4. The molecule has 1 saturated heterocycles. The quantitative estimate of drug-likeness (QED) is 0.806. The second kappa shape index (κ2) is 5.64. The van der Waals surface area contributed by atoms with Crippen LogP contribution in [0.4, 0.5) is 17.6 Å². The number of nitrogens with zero attached hydrogens (tertiary/aromatic N) is 1. The lowest BCUT2D eigenvalue weighted by Gasteiger charge is -2.41. The molecular weight excluding hydrogens is 264 g/mol. The van der Waals surface area contributed by atoms with Crippen molar-refractivity contribution in [3.05, 3.63) is 0 Å². The molecule has 0 atom stereocenters. The lowest BCUT2D eigenvalue weighted by atomic mass is 9.98. The maximum Gasteiger partial charge on any atom is 0.383 e. The molecular formula is C12H20F4N2O. The third kappa shape index (κ3) is 4.06. The van der Waals surface area contributed by atoms with Crippen LogP contribution in [0.25, 0.3) is 0 Å². The molecule has 1 rings (SSSR count). The molecule has 0 bridgehead atoms. The number of likely N-dealkylation sites (tertiary alicyclic amines) is 1. The predicted octanol–water partition coefficient (Wildman–Crippen LogP) is 2.27. The topological polar surface area (TPSA) is 32.3 Å². The van der Waals surface area contributed by atoms with Gasteiger partial charge in [-0.05, 0) is 33.6 Å². The van der Waals surface area contributed by atoms with Crippen LogP contribution in [0.5, 0.6) is 0 Å². The molecule has 0 aromatic heterocycles. The van der Waals surface area contributed by atoms with Gasteiger partial charge in [0.15, 0.2) is 0 Å². The zero-order chi connectivity index (χ0) is 14.8. The van der Waals surface area contributed by atoms with Gasteiger partial charge in [-0.15, -0.1) is 0 Å². The Morgan fingerprint density at radius 3 is 2.05 bits per heavy atom. The minimum Gasteiger partial charge on any atom is -0.348 e. The van der Waals surface area contributed by atoms with Crippen LogP contribution in [-0.4, -0.2) is 47.8 Å². The van der Waals surface area contributed by atoms with E-state index in [0.717, 1.165) is 0 Å². The van der Waals surface area contributed by atoms with Gasteiger partial charge in [0, 0.05) is 24.7 Å². The van der Waals surface area contributed by atoms with E-state index >= 15 is 0 Å². The van der Waals surface area contributed by atoms with Crippen molar-refractivity contribution in [1.82, 2.24) is 10.2 Å². The van der Waals surface area contributed by atoms with E-state index in [-0.39, 0.29) is 5.54 Å². The molecule has 0 aromatic rings. The van der Waals surface area contributed by atoms with E-state index in [1.54, 1.807) is 0 Å². The van der Waals surface area contributed by atoms with E-state index in [4.69, 9.17) is 0 Å². The SMILES string of the molecule is CC(C)(C)N1CCC(NC(=O)C(F)(F)C(F)F)CC1. The maximum atomic E-state index is 12.8. The summed E-state index contributed by atoms with van der Waals surface area (Å²) in [5.41, 5.74) is -0.0259. The van der Waals surface area contributed by atoms with Gasteiger partial charge in [0.2, 0.25) is 0 Å². The number of amides is 1. The molecule has 1 amide bonds. The number of nitrogens with one attached hydrogen (secondary N) is 1. The van der Waals surface area contributed by atoms with Gasteiger partial charge >= 0.3 is 12.3 Å². The molecule has 1 N–H and O–H groups in total. The molecule has 1 aliphatic rings. The van der Waals surface area contributed by atoms with E-state index in [1.165, 1.54) is 0 Å². The van der Waals surface area contributed by atoms with Gasteiger partial charge in [-0.3, -0.25) is 9.69 Å². The summed E-state index contributed by atoms with van der Waals surface area (Å²) in [4.78, 5) is 13.3. The van der Waals surface area contributed by atoms with Crippen molar-refractivity contribution < 1.29 is 22.4 Å². The summed E-state index contributed by atoms with van der Waals surface area (Å²) in [6, 6.07) is -0.462. The molecule has 0 unspecified atom stereocenters. The van der Waals surface area contributed by atoms with Gasteiger partial charge in [0.1, 0.15) is 0 Å². The van der Waals surface area contributed by atoms with Crippen LogP contribution in [-0.2, 0) is 4.79 Å². The molecule has 19 heavy (non-hydrogen) atoms. The summed E-state index contributed by atoms with van der Waals surface area (Å²) >= 11 is 0. The van der Waals surface area contributed by atoms with Crippen molar-refractivity contribution in [3.8, 4) is 0 Å². The second-order valence-electron chi connectivity index (χ2n) is 5.83. The van der Waals surface area contributed by atoms with Crippen molar-refractivity contribution in [3.63, 3.8) is 0 Å². The Hall–Kier alpha value is -0.850. The van der Waals surface area contributed by atoms with Crippen LogP contribution in [0.15, 0.2) is 0 Å². The molecule has 3 nitrogen and oxygen atoms in total. The third-order valence-electron chi connectivity index (χ3n) is 3.36. The molecule has 0 aromatic carbocycles. The molecule has 1 fully saturated rings. The van der Waals surface area contributed by atoms with Crippen LogP contribution < -0.4 is 5.32 Å². The average molecular weight is 284 g/mol. The monoisotopic (exact) mass is 284 g/mol. The zero-order valence-electron chi connectivity index (χ0n) is 11.4. The fraction of sp³-hybridized carbons (Fsp3) is 0.917. The molecule has 1 heterocycles. The number of halogens is 4. The first-order chi connectivity index (χ1) is 8.55. The lowest BCUT2D eigenvalue weighted by Crippen LogP contribution is -2.54. The highest BCUT2D eigenvalue weighted by Crippen LogP contribution is 2.25. The maximum absolute atomic E-state index is 12.8. The van der Waals surface area contributed by atoms with Crippen LogP contribution in [0.3, 0.4) is 0 Å². The van der Waals surface area contributed by atoms with Gasteiger partial charge in [-0.25, -0.2) is 8.78 Å². The smallest absolute Gasteiger partial charge is 0.348 e. The summed E-state index contributed by atoms with van der Waals surface area (Å²) in [5.74, 6) is -6.49. The van der Waals surface area contributed by atoms with Crippen molar-refractivity contribution in [2.75, 3.05) is 13.1 Å². The summed E-state index contributed by atoms with van der Waals surface area (Å²) in [7, 11) is 0. The molecule has 0 aliphatic carbocycles. The number of hydrogen-bond acceptors (Lipinski definition) is 2. The number of piperidine rings is 1. The Bertz CT molecular complexity index is 320. The average Bonchev–Trinajstić information content (AvgIpc) is 2.28. The van der Waals surface area contributed by atoms with Crippen molar-refractivity contribution >= 4 is 5.91 Å².